The molecule has 3 aromatic carbocycles. The van der Waals surface area contributed by atoms with E-state index in [0.717, 1.165) is 0 Å². The second-order valence-electron chi connectivity index (χ2n) is 9.57. The van der Waals surface area contributed by atoms with Crippen LogP contribution in [-0.4, -0.2) is 60.5 Å². The Balaban J connectivity index is 0.00000423. The third-order valence-electron chi connectivity index (χ3n) is 6.69. The van der Waals surface area contributed by atoms with Crippen LogP contribution in [0.3, 0.4) is 0 Å². The molecule has 0 bridgehead atoms. The van der Waals surface area contributed by atoms with E-state index < -0.39 is 29.0 Å². The first-order valence-electron chi connectivity index (χ1n) is 12.9. The summed E-state index contributed by atoms with van der Waals surface area (Å²) in [6, 6.07) is 15.0. The molecule has 0 saturated heterocycles. The van der Waals surface area contributed by atoms with Crippen LogP contribution in [0.4, 0.5) is 15.8 Å². The van der Waals surface area contributed by atoms with Crippen LogP contribution in [0.15, 0.2) is 66.9 Å². The molecular weight excluding hydrogens is 576 g/mol. The second-order valence-corrected chi connectivity index (χ2v) is 9.97. The molecule has 13 heteroatoms. The average molecular weight is 602 g/mol. The quantitative estimate of drug-likeness (QED) is 0.154. The van der Waals surface area contributed by atoms with Crippen molar-refractivity contribution in [2.45, 2.75) is 19.3 Å². The molecule has 0 atom stereocenters. The molecule has 1 aliphatic rings. The van der Waals surface area contributed by atoms with E-state index in [0.29, 0.717) is 58.1 Å². The number of aliphatic carboxylic acids is 1. The molecule has 0 spiro atoms. The molecule has 4 aromatic rings. The maximum absolute atomic E-state index is 13.2. The number of nitrogens with one attached hydrogen (secondary N) is 2. The summed E-state index contributed by atoms with van der Waals surface area (Å²) in [6.45, 7) is -0.0358. The molecule has 5 rings (SSSR count). The maximum atomic E-state index is 13.2. The van der Waals surface area contributed by atoms with Gasteiger partial charge < -0.3 is 30.0 Å². The Kier molecular flexibility index (Phi) is 9.81. The molecule has 1 fully saturated rings. The first-order chi connectivity index (χ1) is 20.2. The van der Waals surface area contributed by atoms with Crippen LogP contribution in [0, 0.1) is 11.2 Å². The van der Waals surface area contributed by atoms with Crippen LogP contribution >= 0.6 is 11.6 Å². The number of fused-ring (bicyclic) bond motifs is 1. The number of ether oxygens (including phenoxy) is 3. The number of carboxylic acid groups (broad SMARTS) is 1. The van der Waals surface area contributed by atoms with Gasteiger partial charge in [0.25, 0.3) is 0 Å². The monoisotopic (exact) mass is 601 g/mol. The number of aromatic nitrogens is 1. The minimum absolute atomic E-state index is 0. The summed E-state index contributed by atoms with van der Waals surface area (Å²) in [6.07, 6.45) is 2.13. The van der Waals surface area contributed by atoms with Gasteiger partial charge in [0.05, 0.1) is 30.7 Å². The van der Waals surface area contributed by atoms with Gasteiger partial charge in [-0.15, -0.1) is 0 Å². The van der Waals surface area contributed by atoms with Crippen molar-refractivity contribution in [3.8, 4) is 23.0 Å². The van der Waals surface area contributed by atoms with Crippen LogP contribution in [0.1, 0.15) is 19.3 Å². The van der Waals surface area contributed by atoms with Crippen LogP contribution in [0.25, 0.3) is 10.9 Å². The van der Waals surface area contributed by atoms with Crippen molar-refractivity contribution in [1.82, 2.24) is 4.98 Å². The number of carbonyl (C=O) groups is 3. The summed E-state index contributed by atoms with van der Waals surface area (Å²) >= 11 is 6.50. The number of amides is 2. The zero-order valence-corrected chi connectivity index (χ0v) is 23.0. The van der Waals surface area contributed by atoms with Gasteiger partial charge in [-0.2, -0.15) is 0 Å². The summed E-state index contributed by atoms with van der Waals surface area (Å²) in [5.41, 5.74) is 0.0735. The van der Waals surface area contributed by atoms with Crippen molar-refractivity contribution in [1.29, 1.82) is 0 Å². The number of methoxy groups -OCH3 is 1. The molecule has 3 N–H and O–H groups in total. The number of carboxylic acids is 1. The average Bonchev–Trinajstić information content (AvgIpc) is 3.78. The van der Waals surface area contributed by atoms with E-state index in [4.69, 9.17) is 30.9 Å². The normalized spacial score (nSPS) is 12.9. The Morgan fingerprint density at radius 3 is 2.23 bits per heavy atom. The van der Waals surface area contributed by atoms with Crippen molar-refractivity contribution in [3.63, 3.8) is 0 Å². The van der Waals surface area contributed by atoms with Gasteiger partial charge >= 0.3 is 24.8 Å². The van der Waals surface area contributed by atoms with Crippen molar-refractivity contribution < 1.29 is 38.1 Å². The molecule has 1 saturated carbocycles. The number of halogens is 2. The molecule has 0 aliphatic heterocycles. The van der Waals surface area contributed by atoms with Gasteiger partial charge in [-0.05, 0) is 67.4 Å². The number of pyridine rings is 1. The number of hydrogen-bond acceptors (Lipinski definition) is 7. The summed E-state index contributed by atoms with van der Waals surface area (Å²) in [5, 5.41) is 15.1. The van der Waals surface area contributed by atoms with E-state index in [1.54, 1.807) is 36.5 Å². The van der Waals surface area contributed by atoms with Gasteiger partial charge in [0.1, 0.15) is 22.7 Å². The molecule has 218 valence electrons. The molecule has 1 aromatic heterocycles. The predicted octanol–water partition coefficient (Wildman–Crippen LogP) is 5.39. The molecule has 0 unspecified atom stereocenters. The first-order valence-corrected chi connectivity index (χ1v) is 13.2. The third kappa shape index (κ3) is 7.20. The summed E-state index contributed by atoms with van der Waals surface area (Å²) in [7, 11) is 1.46. The summed E-state index contributed by atoms with van der Waals surface area (Å²) in [5.74, 6) is -0.913. The molecule has 1 heterocycles. The van der Waals surface area contributed by atoms with Crippen molar-refractivity contribution in [3.05, 3.63) is 77.7 Å². The number of anilines is 2. The van der Waals surface area contributed by atoms with E-state index in [9.17, 15) is 18.8 Å². The van der Waals surface area contributed by atoms with Gasteiger partial charge in [-0.25, -0.2) is 4.39 Å². The fraction of sp³-hybridized carbons (Fsp3) is 0.200. The van der Waals surface area contributed by atoms with E-state index in [2.05, 4.69) is 15.6 Å². The second kappa shape index (κ2) is 13.3. The Morgan fingerprint density at radius 2 is 1.60 bits per heavy atom. The van der Waals surface area contributed by atoms with Gasteiger partial charge in [-0.3, -0.25) is 19.4 Å². The fourth-order valence-electron chi connectivity index (χ4n) is 4.23. The number of hydrogen-bond donors (Lipinski definition) is 3. The molecule has 43 heavy (non-hydrogen) atoms. The fourth-order valence-corrected chi connectivity index (χ4v) is 4.45. The Bertz CT molecular complexity index is 1680. The Morgan fingerprint density at radius 1 is 0.930 bits per heavy atom. The minimum atomic E-state index is -1.22. The van der Waals surface area contributed by atoms with E-state index in [1.165, 1.54) is 37.4 Å². The SMILES string of the molecule is COc1cc2c(Oc3ccc(NC(=O)C4(C(=O)Nc5ccc(F)cc5)CC4)cc3Cl)ccnc2cc1OCCC(=O)O.[LiH]. The van der Waals surface area contributed by atoms with Crippen LogP contribution in [0.5, 0.6) is 23.0 Å². The van der Waals surface area contributed by atoms with Crippen LogP contribution in [-0.2, 0) is 14.4 Å². The summed E-state index contributed by atoms with van der Waals surface area (Å²) < 4.78 is 30.2. The summed E-state index contributed by atoms with van der Waals surface area (Å²) in [4.78, 5) is 41.0. The first kappa shape index (κ1) is 31.6. The number of carbonyl (C=O) groups excluding carboxylic acids is 2. The van der Waals surface area contributed by atoms with E-state index in [1.807, 2.05) is 0 Å². The van der Waals surface area contributed by atoms with Gasteiger partial charge in [0, 0.05) is 29.0 Å². The van der Waals surface area contributed by atoms with E-state index in [-0.39, 0.29) is 36.9 Å². The third-order valence-corrected chi connectivity index (χ3v) is 6.99. The standard InChI is InChI=1S/C30H25ClFN3O7.Li.H/c1-40-25-15-20-22(16-26(25)41-13-9-27(36)37)33-12-8-23(20)42-24-7-6-19(14-21(24)31)35-29(39)30(10-11-30)28(38)34-18-4-2-17(32)3-5-18;;/h2-8,12,14-16H,9-11,13H2,1H3,(H,34,38)(H,35,39)(H,36,37);;. The van der Waals surface area contributed by atoms with Crippen molar-refractivity contribution >= 4 is 70.5 Å². The van der Waals surface area contributed by atoms with E-state index >= 15 is 0 Å². The Hall–Kier alpha value is -4.30. The molecule has 0 radical (unpaired) electrons. The van der Waals surface area contributed by atoms with Crippen LogP contribution in [0.2, 0.25) is 5.02 Å². The number of rotatable bonds is 11. The molecule has 1 aliphatic carbocycles. The van der Waals surface area contributed by atoms with Crippen molar-refractivity contribution in [2.24, 2.45) is 5.41 Å². The molecular formula is C30H26ClFLiN3O7. The topological polar surface area (TPSA) is 136 Å². The predicted molar refractivity (Wildman–Crippen MR) is 160 cm³/mol. The zero-order chi connectivity index (χ0) is 29.9. The zero-order valence-electron chi connectivity index (χ0n) is 22.3. The number of benzene rings is 3. The molecule has 2 amide bonds. The van der Waals surface area contributed by atoms with Gasteiger partial charge in [0.2, 0.25) is 11.8 Å². The van der Waals surface area contributed by atoms with Crippen molar-refractivity contribution in [2.75, 3.05) is 24.4 Å². The van der Waals surface area contributed by atoms with Crippen LogP contribution < -0.4 is 24.8 Å². The molecule has 10 nitrogen and oxygen atoms in total. The van der Waals surface area contributed by atoms with Gasteiger partial charge in [-0.1, -0.05) is 11.6 Å². The number of nitrogens with zero attached hydrogens (tertiary/aromatic N) is 1. The Labute approximate surface area is 262 Å². The van der Waals surface area contributed by atoms with Gasteiger partial charge in [0.15, 0.2) is 11.5 Å².